The molecule has 1 N–H and O–H groups in total. The van der Waals surface area contributed by atoms with Gasteiger partial charge in [-0.3, -0.25) is 9.67 Å². The number of aromatic nitrogens is 3. The van der Waals surface area contributed by atoms with E-state index in [0.29, 0.717) is 0 Å². The Morgan fingerprint density at radius 2 is 2.12 bits per heavy atom. The van der Waals surface area contributed by atoms with Crippen LogP contribution in [0.4, 0.5) is 0 Å². The summed E-state index contributed by atoms with van der Waals surface area (Å²) < 4.78 is 1.81. The maximum Gasteiger partial charge on any atom is 0.194 e. The molecule has 1 aromatic heterocycles. The van der Waals surface area contributed by atoms with Gasteiger partial charge in [0, 0.05) is 26.7 Å². The first kappa shape index (κ1) is 18.4. The maximum atomic E-state index is 4.39. The molecular formula is C17H23IN6. The van der Waals surface area contributed by atoms with Crippen LogP contribution >= 0.6 is 24.0 Å². The van der Waals surface area contributed by atoms with Gasteiger partial charge in [0.05, 0.1) is 6.54 Å². The number of halogens is 1. The van der Waals surface area contributed by atoms with Gasteiger partial charge in [-0.2, -0.15) is 5.10 Å². The van der Waals surface area contributed by atoms with Gasteiger partial charge in [0.2, 0.25) is 0 Å². The molecule has 24 heavy (non-hydrogen) atoms. The fraction of sp³-hybridized carbons (Fsp3) is 0.353. The highest BCUT2D eigenvalue weighted by Crippen LogP contribution is 2.21. The minimum atomic E-state index is 0. The van der Waals surface area contributed by atoms with Crippen LogP contribution in [0.1, 0.15) is 12.0 Å². The van der Waals surface area contributed by atoms with Gasteiger partial charge >= 0.3 is 0 Å². The van der Waals surface area contributed by atoms with Crippen molar-refractivity contribution in [2.24, 2.45) is 4.99 Å². The van der Waals surface area contributed by atoms with E-state index in [1.54, 1.807) is 12.7 Å². The molecule has 2 aromatic rings. The van der Waals surface area contributed by atoms with E-state index in [1.807, 2.05) is 11.7 Å². The first-order valence-corrected chi connectivity index (χ1v) is 7.89. The Kier molecular flexibility index (Phi) is 7.23. The van der Waals surface area contributed by atoms with Gasteiger partial charge in [-0.25, -0.2) is 4.98 Å². The third-order valence-electron chi connectivity index (χ3n) is 3.96. The van der Waals surface area contributed by atoms with Gasteiger partial charge in [0.1, 0.15) is 12.7 Å². The molecule has 0 spiro atoms. The third-order valence-corrected chi connectivity index (χ3v) is 3.96. The molecule has 3 rings (SSSR count). The van der Waals surface area contributed by atoms with Gasteiger partial charge in [0.25, 0.3) is 0 Å². The second-order valence-electron chi connectivity index (χ2n) is 5.42. The first-order chi connectivity index (χ1) is 11.4. The Labute approximate surface area is 159 Å². The highest BCUT2D eigenvalue weighted by molar-refractivity contribution is 14.0. The number of aliphatic imine (C=N–C) groups is 1. The molecule has 0 fully saturated rings. The van der Waals surface area contributed by atoms with Crippen molar-refractivity contribution in [3.63, 3.8) is 0 Å². The highest BCUT2D eigenvalue weighted by atomic mass is 127. The third kappa shape index (κ3) is 4.80. The molecule has 0 atom stereocenters. The molecule has 1 aliphatic rings. The average Bonchev–Trinajstić information content (AvgIpc) is 3.13. The monoisotopic (exact) mass is 438 g/mol. The zero-order valence-electron chi connectivity index (χ0n) is 13.8. The van der Waals surface area contributed by atoms with Crippen LogP contribution in [0.2, 0.25) is 0 Å². The second kappa shape index (κ2) is 9.41. The van der Waals surface area contributed by atoms with Crippen molar-refractivity contribution in [2.45, 2.75) is 13.0 Å². The van der Waals surface area contributed by atoms with Gasteiger partial charge in [-0.15, -0.1) is 24.0 Å². The minimum absolute atomic E-state index is 0. The van der Waals surface area contributed by atoms with Crippen LogP contribution < -0.4 is 5.32 Å². The largest absolute Gasteiger partial charge is 0.354 e. The summed E-state index contributed by atoms with van der Waals surface area (Å²) in [6.45, 7) is 3.41. The van der Waals surface area contributed by atoms with Crippen molar-refractivity contribution in [3.8, 4) is 0 Å². The molecule has 0 amide bonds. The van der Waals surface area contributed by atoms with Crippen molar-refractivity contribution >= 4 is 35.5 Å². The van der Waals surface area contributed by atoms with Crippen LogP contribution in [0, 0.1) is 0 Å². The number of hydrogen-bond acceptors (Lipinski definition) is 3. The number of rotatable bonds is 4. The maximum absolute atomic E-state index is 4.39. The average molecular weight is 438 g/mol. The van der Waals surface area contributed by atoms with E-state index >= 15 is 0 Å². The lowest BCUT2D eigenvalue weighted by atomic mass is 10.00. The molecule has 0 saturated heterocycles. The molecule has 0 saturated carbocycles. The van der Waals surface area contributed by atoms with Gasteiger partial charge < -0.3 is 10.2 Å². The molecular weight excluding hydrogens is 415 g/mol. The summed E-state index contributed by atoms with van der Waals surface area (Å²) in [5.74, 6) is 0.938. The molecule has 6 nitrogen and oxygen atoms in total. The van der Waals surface area contributed by atoms with Gasteiger partial charge in [0.15, 0.2) is 5.96 Å². The minimum Gasteiger partial charge on any atom is -0.354 e. The smallest absolute Gasteiger partial charge is 0.194 e. The Morgan fingerprint density at radius 3 is 2.75 bits per heavy atom. The van der Waals surface area contributed by atoms with Crippen molar-refractivity contribution in [1.82, 2.24) is 25.0 Å². The van der Waals surface area contributed by atoms with Crippen LogP contribution in [0.5, 0.6) is 0 Å². The van der Waals surface area contributed by atoms with Crippen LogP contribution in [0.25, 0.3) is 5.57 Å². The molecule has 0 radical (unpaired) electrons. The lowest BCUT2D eigenvalue weighted by Crippen LogP contribution is -2.44. The number of guanidine groups is 1. The van der Waals surface area contributed by atoms with Crippen molar-refractivity contribution in [2.75, 3.05) is 26.7 Å². The lowest BCUT2D eigenvalue weighted by molar-refractivity contribution is 0.436. The van der Waals surface area contributed by atoms with E-state index < -0.39 is 0 Å². The van der Waals surface area contributed by atoms with Gasteiger partial charge in [-0.05, 0) is 17.6 Å². The predicted molar refractivity (Wildman–Crippen MR) is 107 cm³/mol. The summed E-state index contributed by atoms with van der Waals surface area (Å²) in [6, 6.07) is 10.6. The van der Waals surface area contributed by atoms with Crippen molar-refractivity contribution < 1.29 is 0 Å². The molecule has 0 aliphatic carbocycles. The molecule has 2 heterocycles. The van der Waals surface area contributed by atoms with Crippen LogP contribution in [0.3, 0.4) is 0 Å². The van der Waals surface area contributed by atoms with Gasteiger partial charge in [-0.1, -0.05) is 36.4 Å². The summed E-state index contributed by atoms with van der Waals surface area (Å²) in [6.07, 6.45) is 6.60. The summed E-state index contributed by atoms with van der Waals surface area (Å²) in [4.78, 5) is 10.6. The van der Waals surface area contributed by atoms with Crippen molar-refractivity contribution in [3.05, 3.63) is 54.6 Å². The number of nitrogens with zero attached hydrogens (tertiary/aromatic N) is 5. The molecule has 7 heteroatoms. The van der Waals surface area contributed by atoms with Crippen LogP contribution in [0.15, 0.2) is 54.1 Å². The molecule has 128 valence electrons. The number of benzene rings is 1. The number of hydrogen-bond donors (Lipinski definition) is 1. The van der Waals surface area contributed by atoms with E-state index in [9.17, 15) is 0 Å². The zero-order valence-corrected chi connectivity index (χ0v) is 16.1. The topological polar surface area (TPSA) is 58.3 Å². The Hall–Kier alpha value is -1.90. The van der Waals surface area contributed by atoms with E-state index in [0.717, 1.165) is 38.6 Å². The Morgan fingerprint density at radius 1 is 1.29 bits per heavy atom. The van der Waals surface area contributed by atoms with Crippen molar-refractivity contribution in [1.29, 1.82) is 0 Å². The fourth-order valence-corrected chi connectivity index (χ4v) is 2.74. The van der Waals surface area contributed by atoms with Crippen LogP contribution in [-0.4, -0.2) is 52.3 Å². The SMILES string of the molecule is CN=C(NCCn1cncn1)N1CC=C(c2ccccc2)CC1.I. The van der Waals surface area contributed by atoms with E-state index in [4.69, 9.17) is 0 Å². The quantitative estimate of drug-likeness (QED) is 0.452. The van der Waals surface area contributed by atoms with E-state index in [-0.39, 0.29) is 24.0 Å². The molecule has 1 aliphatic heterocycles. The fourth-order valence-electron chi connectivity index (χ4n) is 2.74. The normalized spacial score (nSPS) is 14.8. The summed E-state index contributed by atoms with van der Waals surface area (Å²) in [5, 5.41) is 7.49. The number of nitrogens with one attached hydrogen (secondary N) is 1. The first-order valence-electron chi connectivity index (χ1n) is 7.89. The summed E-state index contributed by atoms with van der Waals surface area (Å²) in [5.41, 5.74) is 2.74. The zero-order chi connectivity index (χ0) is 15.9. The second-order valence-corrected chi connectivity index (χ2v) is 5.42. The van der Waals surface area contributed by atoms with Crippen LogP contribution in [-0.2, 0) is 6.54 Å². The lowest BCUT2D eigenvalue weighted by Gasteiger charge is -2.29. The summed E-state index contributed by atoms with van der Waals surface area (Å²) >= 11 is 0. The summed E-state index contributed by atoms with van der Waals surface area (Å²) in [7, 11) is 1.83. The standard InChI is InChI=1S/C17H22N6.HI/c1-18-17(20-9-12-23-14-19-13-21-23)22-10-7-16(8-11-22)15-5-3-2-4-6-15;/h2-7,13-14H,8-12H2,1H3,(H,18,20);1H. The molecule has 0 bridgehead atoms. The van der Waals surface area contributed by atoms with E-state index in [2.05, 4.69) is 61.7 Å². The Balaban J connectivity index is 0.00000208. The molecule has 0 unspecified atom stereocenters. The van der Waals surface area contributed by atoms with E-state index in [1.165, 1.54) is 11.1 Å². The predicted octanol–water partition coefficient (Wildman–Crippen LogP) is 2.26. The highest BCUT2D eigenvalue weighted by Gasteiger charge is 2.15. The molecule has 1 aromatic carbocycles. The Bertz CT molecular complexity index is 666.